The summed E-state index contributed by atoms with van der Waals surface area (Å²) in [7, 11) is 1.67. The molecule has 2 aromatic heterocycles. The molecule has 1 aliphatic carbocycles. The fourth-order valence-corrected chi connectivity index (χ4v) is 3.46. The minimum absolute atomic E-state index is 0.402. The first-order valence-electron chi connectivity index (χ1n) is 6.40. The highest BCUT2D eigenvalue weighted by atomic mass is 32.1. The molecular formula is C14H14N2O2S. The third-order valence-electron chi connectivity index (χ3n) is 3.69. The fourth-order valence-electron chi connectivity index (χ4n) is 2.42. The van der Waals surface area contributed by atoms with E-state index in [9.17, 15) is 5.11 Å². The highest BCUT2D eigenvalue weighted by molar-refractivity contribution is 7.23. The van der Waals surface area contributed by atoms with Gasteiger partial charge in [-0.25, -0.2) is 4.98 Å². The maximum atomic E-state index is 10.1. The summed E-state index contributed by atoms with van der Waals surface area (Å²) < 4.78 is 8.44. The van der Waals surface area contributed by atoms with Crippen molar-refractivity contribution in [2.24, 2.45) is 5.92 Å². The van der Waals surface area contributed by atoms with E-state index in [1.165, 1.54) is 0 Å². The Morgan fingerprint density at radius 1 is 1.47 bits per heavy atom. The van der Waals surface area contributed by atoms with Gasteiger partial charge in [-0.3, -0.25) is 4.40 Å². The monoisotopic (exact) mass is 274 g/mol. The summed E-state index contributed by atoms with van der Waals surface area (Å²) in [5.74, 6) is 1.27. The smallest absolute Gasteiger partial charge is 0.195 e. The SMILES string of the molecule is COc1ccc2c(c1)sc1nc(C(O)C3CC3)cn12. The number of rotatable bonds is 3. The van der Waals surface area contributed by atoms with E-state index in [0.29, 0.717) is 5.92 Å². The summed E-state index contributed by atoms with van der Waals surface area (Å²) in [6.45, 7) is 0. The summed E-state index contributed by atoms with van der Waals surface area (Å²) in [5, 5.41) is 10.1. The van der Waals surface area contributed by atoms with Crippen LogP contribution in [0, 0.1) is 5.92 Å². The Kier molecular flexibility index (Phi) is 2.34. The first-order chi connectivity index (χ1) is 9.26. The van der Waals surface area contributed by atoms with Gasteiger partial charge in [-0.2, -0.15) is 0 Å². The number of benzene rings is 1. The molecule has 1 fully saturated rings. The zero-order valence-corrected chi connectivity index (χ0v) is 11.4. The van der Waals surface area contributed by atoms with E-state index in [0.717, 1.165) is 39.5 Å². The van der Waals surface area contributed by atoms with Crippen LogP contribution >= 0.6 is 11.3 Å². The lowest BCUT2D eigenvalue weighted by Crippen LogP contribution is -1.99. The molecule has 4 rings (SSSR count). The van der Waals surface area contributed by atoms with Gasteiger partial charge in [-0.15, -0.1) is 0 Å². The molecule has 0 aliphatic heterocycles. The second-order valence-electron chi connectivity index (χ2n) is 5.04. The number of hydrogen-bond donors (Lipinski definition) is 1. The zero-order valence-electron chi connectivity index (χ0n) is 10.5. The third-order valence-corrected chi connectivity index (χ3v) is 4.71. The Labute approximate surface area is 114 Å². The minimum Gasteiger partial charge on any atom is -0.497 e. The maximum absolute atomic E-state index is 10.1. The van der Waals surface area contributed by atoms with Gasteiger partial charge in [0, 0.05) is 6.20 Å². The quantitative estimate of drug-likeness (QED) is 0.798. The molecule has 0 amide bonds. The van der Waals surface area contributed by atoms with E-state index in [1.54, 1.807) is 18.4 Å². The van der Waals surface area contributed by atoms with Crippen molar-refractivity contribution >= 4 is 26.5 Å². The standard InChI is InChI=1S/C14H14N2O2S/c1-18-9-4-5-11-12(6-9)19-14-15-10(7-16(11)14)13(17)8-2-3-8/h4-8,13,17H,2-3H2,1H3. The predicted molar refractivity (Wildman–Crippen MR) is 74.8 cm³/mol. The van der Waals surface area contributed by atoms with Crippen molar-refractivity contribution in [3.63, 3.8) is 0 Å². The van der Waals surface area contributed by atoms with Crippen molar-refractivity contribution in [3.8, 4) is 5.75 Å². The van der Waals surface area contributed by atoms with Crippen LogP contribution in [-0.2, 0) is 0 Å². The Balaban J connectivity index is 1.85. The van der Waals surface area contributed by atoms with Crippen molar-refractivity contribution in [3.05, 3.63) is 30.1 Å². The van der Waals surface area contributed by atoms with E-state index < -0.39 is 6.10 Å². The molecular weight excluding hydrogens is 260 g/mol. The number of aromatic nitrogens is 2. The lowest BCUT2D eigenvalue weighted by molar-refractivity contribution is 0.150. The molecule has 0 radical (unpaired) electrons. The molecule has 98 valence electrons. The number of ether oxygens (including phenoxy) is 1. The van der Waals surface area contributed by atoms with Crippen LogP contribution in [-0.4, -0.2) is 21.6 Å². The van der Waals surface area contributed by atoms with E-state index >= 15 is 0 Å². The number of hydrogen-bond acceptors (Lipinski definition) is 4. The normalized spacial score (nSPS) is 17.2. The van der Waals surface area contributed by atoms with Gasteiger partial charge in [-0.05, 0) is 37.0 Å². The van der Waals surface area contributed by atoms with Crippen molar-refractivity contribution < 1.29 is 9.84 Å². The van der Waals surface area contributed by atoms with E-state index in [4.69, 9.17) is 4.74 Å². The lowest BCUT2D eigenvalue weighted by atomic mass is 10.2. The second-order valence-corrected chi connectivity index (χ2v) is 6.05. The molecule has 1 N–H and O–H groups in total. The molecule has 0 spiro atoms. The van der Waals surface area contributed by atoms with Crippen LogP contribution in [0.3, 0.4) is 0 Å². The molecule has 0 bridgehead atoms. The molecule has 19 heavy (non-hydrogen) atoms. The summed E-state index contributed by atoms with van der Waals surface area (Å²) in [4.78, 5) is 5.49. The number of methoxy groups -OCH3 is 1. The van der Waals surface area contributed by atoms with Crippen molar-refractivity contribution in [2.75, 3.05) is 7.11 Å². The molecule has 1 aromatic carbocycles. The highest BCUT2D eigenvalue weighted by Crippen LogP contribution is 2.41. The Bertz CT molecular complexity index is 757. The molecule has 3 aromatic rings. The van der Waals surface area contributed by atoms with E-state index in [1.807, 2.05) is 24.4 Å². The van der Waals surface area contributed by atoms with Crippen LogP contribution in [0.1, 0.15) is 24.6 Å². The molecule has 1 aliphatic rings. The lowest BCUT2D eigenvalue weighted by Gasteiger charge is -2.03. The van der Waals surface area contributed by atoms with Gasteiger partial charge in [0.2, 0.25) is 0 Å². The van der Waals surface area contributed by atoms with Crippen LogP contribution in [0.2, 0.25) is 0 Å². The molecule has 1 atom stereocenters. The average Bonchev–Trinajstić information content (AvgIpc) is 3.10. The zero-order chi connectivity index (χ0) is 13.0. The molecule has 1 unspecified atom stereocenters. The fraction of sp³-hybridized carbons (Fsp3) is 0.357. The minimum atomic E-state index is -0.402. The Morgan fingerprint density at radius 2 is 2.32 bits per heavy atom. The van der Waals surface area contributed by atoms with Crippen LogP contribution in [0.4, 0.5) is 0 Å². The molecule has 4 nitrogen and oxygen atoms in total. The van der Waals surface area contributed by atoms with Gasteiger partial charge in [0.15, 0.2) is 4.96 Å². The number of nitrogens with zero attached hydrogens (tertiary/aromatic N) is 2. The number of aliphatic hydroxyl groups excluding tert-OH is 1. The number of thiazole rings is 1. The van der Waals surface area contributed by atoms with Crippen LogP contribution < -0.4 is 4.74 Å². The van der Waals surface area contributed by atoms with Gasteiger partial charge in [0.05, 0.1) is 23.0 Å². The molecule has 2 heterocycles. The number of imidazole rings is 1. The summed E-state index contributed by atoms with van der Waals surface area (Å²) in [6, 6.07) is 6.00. The van der Waals surface area contributed by atoms with Crippen molar-refractivity contribution in [2.45, 2.75) is 18.9 Å². The van der Waals surface area contributed by atoms with Crippen LogP contribution in [0.15, 0.2) is 24.4 Å². The topological polar surface area (TPSA) is 46.8 Å². The number of aliphatic hydroxyl groups is 1. The van der Waals surface area contributed by atoms with E-state index in [2.05, 4.69) is 9.38 Å². The van der Waals surface area contributed by atoms with Gasteiger partial charge < -0.3 is 9.84 Å². The molecule has 0 saturated heterocycles. The summed E-state index contributed by atoms with van der Waals surface area (Å²) >= 11 is 1.62. The van der Waals surface area contributed by atoms with Gasteiger partial charge in [0.25, 0.3) is 0 Å². The highest BCUT2D eigenvalue weighted by Gasteiger charge is 2.32. The Hall–Kier alpha value is -1.59. The van der Waals surface area contributed by atoms with Crippen LogP contribution in [0.25, 0.3) is 15.2 Å². The van der Waals surface area contributed by atoms with Gasteiger partial charge in [0.1, 0.15) is 11.9 Å². The maximum Gasteiger partial charge on any atom is 0.195 e. The number of fused-ring (bicyclic) bond motifs is 3. The van der Waals surface area contributed by atoms with E-state index in [-0.39, 0.29) is 0 Å². The first kappa shape index (κ1) is 11.3. The Morgan fingerprint density at radius 3 is 3.05 bits per heavy atom. The van der Waals surface area contributed by atoms with Crippen molar-refractivity contribution in [1.82, 2.24) is 9.38 Å². The molecule has 1 saturated carbocycles. The first-order valence-corrected chi connectivity index (χ1v) is 7.21. The van der Waals surface area contributed by atoms with Gasteiger partial charge >= 0.3 is 0 Å². The average molecular weight is 274 g/mol. The predicted octanol–water partition coefficient (Wildman–Crippen LogP) is 3.00. The van der Waals surface area contributed by atoms with Crippen molar-refractivity contribution in [1.29, 1.82) is 0 Å². The summed E-state index contributed by atoms with van der Waals surface area (Å²) in [6.07, 6.45) is 3.79. The van der Waals surface area contributed by atoms with Crippen LogP contribution in [0.5, 0.6) is 5.75 Å². The van der Waals surface area contributed by atoms with Gasteiger partial charge in [-0.1, -0.05) is 11.3 Å². The third kappa shape index (κ3) is 1.73. The molecule has 5 heteroatoms. The second kappa shape index (κ2) is 3.95. The largest absolute Gasteiger partial charge is 0.497 e. The summed E-state index contributed by atoms with van der Waals surface area (Å²) in [5.41, 5.74) is 1.91.